The molecule has 0 radical (unpaired) electrons. The lowest BCUT2D eigenvalue weighted by Crippen LogP contribution is -2.66. The molecule has 43 heavy (non-hydrogen) atoms. The van der Waals surface area contributed by atoms with Crippen molar-refractivity contribution in [1.82, 2.24) is 29.9 Å². The second-order valence-corrected chi connectivity index (χ2v) is 12.4. The number of hydrogen-bond acceptors (Lipinski definition) is 8. The summed E-state index contributed by atoms with van der Waals surface area (Å²) in [5.41, 5.74) is 0.379. The van der Waals surface area contributed by atoms with E-state index < -0.39 is 15.6 Å². The third-order valence-electron chi connectivity index (χ3n) is 7.46. The Balaban J connectivity index is 0.00000423. The molecule has 11 nitrogen and oxygen atoms in total. The maximum atomic E-state index is 14.0. The monoisotopic (exact) mass is 643 g/mol. The molecular weight excluding hydrogens is 613 g/mol. The van der Waals surface area contributed by atoms with Crippen molar-refractivity contribution in [2.75, 3.05) is 38.6 Å². The summed E-state index contributed by atoms with van der Waals surface area (Å²) in [6.45, 7) is 0.120. The van der Waals surface area contributed by atoms with Gasteiger partial charge >= 0.3 is 0 Å². The van der Waals surface area contributed by atoms with E-state index in [4.69, 9.17) is 11.6 Å². The number of carbonyl (C=O) groups is 2. The van der Waals surface area contributed by atoms with Crippen molar-refractivity contribution < 1.29 is 18.0 Å². The molecule has 2 aromatic carbocycles. The molecule has 1 fully saturated rings. The van der Waals surface area contributed by atoms with E-state index in [1.165, 1.54) is 18.4 Å². The predicted octanol–water partition coefficient (Wildman–Crippen LogP) is 3.29. The van der Waals surface area contributed by atoms with Gasteiger partial charge in [0.1, 0.15) is 0 Å². The van der Waals surface area contributed by atoms with E-state index in [0.717, 1.165) is 21.9 Å². The number of piperazine rings is 1. The molecule has 0 atom stereocenters. The molecule has 226 valence electrons. The minimum atomic E-state index is -4.00. The number of anilines is 1. The van der Waals surface area contributed by atoms with Crippen LogP contribution in [0.2, 0.25) is 5.02 Å². The zero-order valence-electron chi connectivity index (χ0n) is 23.5. The second-order valence-electron chi connectivity index (χ2n) is 10.1. The summed E-state index contributed by atoms with van der Waals surface area (Å²) in [5, 5.41) is 7.33. The highest BCUT2D eigenvalue weighted by Crippen LogP contribution is 2.35. The number of nitrogens with one attached hydrogen (secondary N) is 2. The average molecular weight is 645 g/mol. The van der Waals surface area contributed by atoms with Crippen LogP contribution in [-0.2, 0) is 19.6 Å². The molecule has 1 saturated heterocycles. The fraction of sp³-hybridized carbons (Fsp3) is 0.276. The normalized spacial score (nSPS) is 15.0. The van der Waals surface area contributed by atoms with Gasteiger partial charge in [0.2, 0.25) is 27.8 Å². The Labute approximate surface area is 261 Å². The molecule has 0 unspecified atom stereocenters. The Kier molecular flexibility index (Phi) is 9.86. The molecule has 0 bridgehead atoms. The molecule has 0 spiro atoms. The van der Waals surface area contributed by atoms with Crippen molar-refractivity contribution >= 4 is 62.6 Å². The van der Waals surface area contributed by atoms with Crippen LogP contribution in [0.4, 0.5) is 5.95 Å². The maximum absolute atomic E-state index is 14.0. The number of amides is 2. The summed E-state index contributed by atoms with van der Waals surface area (Å²) in [5.74, 6) is -0.404. The van der Waals surface area contributed by atoms with E-state index in [-0.39, 0.29) is 61.6 Å². The highest BCUT2D eigenvalue weighted by molar-refractivity contribution is 7.89. The highest BCUT2D eigenvalue weighted by Gasteiger charge is 2.48. The van der Waals surface area contributed by atoms with Crippen molar-refractivity contribution in [3.8, 4) is 11.1 Å². The fourth-order valence-corrected chi connectivity index (χ4v) is 6.98. The molecule has 4 aromatic rings. The lowest BCUT2D eigenvalue weighted by atomic mass is 9.86. The van der Waals surface area contributed by atoms with Gasteiger partial charge in [-0.15, -0.1) is 12.4 Å². The first-order valence-corrected chi connectivity index (χ1v) is 15.1. The number of halogens is 2. The van der Waals surface area contributed by atoms with Crippen molar-refractivity contribution in [3.05, 3.63) is 78.3 Å². The van der Waals surface area contributed by atoms with Gasteiger partial charge in [-0.05, 0) is 52.7 Å². The number of carbonyl (C=O) groups excluding carboxylic acids is 2. The van der Waals surface area contributed by atoms with Crippen molar-refractivity contribution in [1.29, 1.82) is 0 Å². The number of pyridine rings is 1. The molecule has 1 aliphatic heterocycles. The van der Waals surface area contributed by atoms with Crippen LogP contribution in [0.1, 0.15) is 12.8 Å². The van der Waals surface area contributed by atoms with E-state index in [0.29, 0.717) is 11.0 Å². The standard InChI is InChI=1S/C29H30ClN7O4S.ClH/c1-31-26(38)15-29(16-27(39)32-2)19-36(42(40,41)25-6-4-21-13-24(30)5-3-22(21)14-25)11-12-37(29)28-34-17-23(18-35-28)20-7-9-33-10-8-20;/h3-10,13-14,17-18H,11-12,15-16,19H2,1-2H3,(H,31,38)(H,32,39);1H. The van der Waals surface area contributed by atoms with Crippen LogP contribution in [0, 0.1) is 0 Å². The summed E-state index contributed by atoms with van der Waals surface area (Å²) < 4.78 is 29.3. The molecule has 1 aliphatic rings. The Bertz CT molecular complexity index is 1710. The number of fused-ring (bicyclic) bond motifs is 1. The smallest absolute Gasteiger partial charge is 0.243 e. The largest absolute Gasteiger partial charge is 0.359 e. The molecule has 0 aliphatic carbocycles. The quantitative estimate of drug-likeness (QED) is 0.298. The van der Waals surface area contributed by atoms with Gasteiger partial charge in [0, 0.05) is 69.1 Å². The van der Waals surface area contributed by atoms with Gasteiger partial charge in [-0.1, -0.05) is 23.7 Å². The van der Waals surface area contributed by atoms with Crippen molar-refractivity contribution in [2.24, 2.45) is 0 Å². The number of nitrogens with zero attached hydrogens (tertiary/aromatic N) is 5. The summed E-state index contributed by atoms with van der Waals surface area (Å²) in [4.78, 5) is 40.8. The van der Waals surface area contributed by atoms with Gasteiger partial charge in [-0.3, -0.25) is 14.6 Å². The summed E-state index contributed by atoms with van der Waals surface area (Å²) in [6, 6.07) is 13.8. The van der Waals surface area contributed by atoms with Crippen molar-refractivity contribution in [3.63, 3.8) is 0 Å². The van der Waals surface area contributed by atoms with Crippen LogP contribution >= 0.6 is 24.0 Å². The van der Waals surface area contributed by atoms with E-state index >= 15 is 0 Å². The average Bonchev–Trinajstić information content (AvgIpc) is 3.01. The van der Waals surface area contributed by atoms with Crippen LogP contribution in [0.25, 0.3) is 21.9 Å². The molecule has 5 rings (SSSR count). The number of sulfonamides is 1. The van der Waals surface area contributed by atoms with Gasteiger partial charge in [0.15, 0.2) is 0 Å². The Hall–Kier alpha value is -3.84. The number of hydrogen-bond donors (Lipinski definition) is 2. The maximum Gasteiger partial charge on any atom is 0.243 e. The summed E-state index contributed by atoms with van der Waals surface area (Å²) in [7, 11) is -1.01. The zero-order valence-corrected chi connectivity index (χ0v) is 25.9. The summed E-state index contributed by atoms with van der Waals surface area (Å²) >= 11 is 6.10. The fourth-order valence-electron chi connectivity index (χ4n) is 5.26. The third kappa shape index (κ3) is 6.72. The van der Waals surface area contributed by atoms with Gasteiger partial charge in [-0.25, -0.2) is 18.4 Å². The minimum absolute atomic E-state index is 0. The molecule has 14 heteroatoms. The Morgan fingerprint density at radius 1 is 0.884 bits per heavy atom. The van der Waals surface area contributed by atoms with Gasteiger partial charge in [-0.2, -0.15) is 4.31 Å². The van der Waals surface area contributed by atoms with E-state index in [9.17, 15) is 18.0 Å². The van der Waals surface area contributed by atoms with Crippen LogP contribution in [0.5, 0.6) is 0 Å². The SMILES string of the molecule is CNC(=O)CC1(CC(=O)NC)CN(S(=O)(=O)c2ccc3cc(Cl)ccc3c2)CCN1c1ncc(-c2ccncc2)cn1.Cl. The van der Waals surface area contributed by atoms with E-state index in [2.05, 4.69) is 25.6 Å². The first-order valence-electron chi connectivity index (χ1n) is 13.3. The van der Waals surface area contributed by atoms with Crippen LogP contribution in [0.15, 0.2) is 78.2 Å². The van der Waals surface area contributed by atoms with E-state index in [1.807, 2.05) is 12.1 Å². The molecular formula is C29H31Cl2N7O4S. The lowest BCUT2D eigenvalue weighted by Gasteiger charge is -2.49. The molecule has 2 amide bonds. The van der Waals surface area contributed by atoms with Gasteiger partial charge in [0.25, 0.3) is 0 Å². The highest BCUT2D eigenvalue weighted by atomic mass is 35.5. The molecule has 2 N–H and O–H groups in total. The predicted molar refractivity (Wildman–Crippen MR) is 168 cm³/mol. The third-order valence-corrected chi connectivity index (χ3v) is 9.53. The van der Waals surface area contributed by atoms with Crippen LogP contribution < -0.4 is 15.5 Å². The first-order chi connectivity index (χ1) is 20.1. The number of benzene rings is 2. The lowest BCUT2D eigenvalue weighted by molar-refractivity contribution is -0.124. The van der Waals surface area contributed by atoms with Crippen molar-refractivity contribution in [2.45, 2.75) is 23.3 Å². The van der Waals surface area contributed by atoms with E-state index in [1.54, 1.807) is 66.1 Å². The number of rotatable bonds is 8. The van der Waals surface area contributed by atoms with Crippen LogP contribution in [-0.4, -0.2) is 78.8 Å². The number of aromatic nitrogens is 3. The topological polar surface area (TPSA) is 137 Å². The summed E-state index contributed by atoms with van der Waals surface area (Å²) in [6.07, 6.45) is 6.35. The Morgan fingerprint density at radius 3 is 2.12 bits per heavy atom. The molecule has 0 saturated carbocycles. The minimum Gasteiger partial charge on any atom is -0.359 e. The zero-order chi connectivity index (χ0) is 29.9. The van der Waals surface area contributed by atoms with Crippen LogP contribution in [0.3, 0.4) is 0 Å². The second kappa shape index (κ2) is 13.2. The first kappa shape index (κ1) is 32.1. The molecule has 2 aromatic heterocycles. The molecule has 3 heterocycles. The Morgan fingerprint density at radius 2 is 1.49 bits per heavy atom. The van der Waals surface area contributed by atoms with Gasteiger partial charge in [0.05, 0.1) is 23.3 Å². The van der Waals surface area contributed by atoms with Gasteiger partial charge < -0.3 is 15.5 Å².